The van der Waals surface area contributed by atoms with Gasteiger partial charge >= 0.3 is 0 Å². The SMILES string of the molecule is CSc1ccc(Cl)c(C(=O)N2CCC(C3CCCN3)CC2)c1.Cl. The molecule has 1 unspecified atom stereocenters. The van der Waals surface area contributed by atoms with Crippen molar-refractivity contribution in [3.05, 3.63) is 28.8 Å². The zero-order chi connectivity index (χ0) is 15.5. The Kier molecular flexibility index (Phi) is 7.08. The third-order valence-corrected chi connectivity index (χ3v) is 5.95. The molecular weight excluding hydrogens is 351 g/mol. The van der Waals surface area contributed by atoms with E-state index in [4.69, 9.17) is 11.6 Å². The number of benzene rings is 1. The lowest BCUT2D eigenvalue weighted by molar-refractivity contribution is 0.0674. The summed E-state index contributed by atoms with van der Waals surface area (Å²) >= 11 is 7.87. The van der Waals surface area contributed by atoms with Gasteiger partial charge in [-0.1, -0.05) is 11.6 Å². The minimum Gasteiger partial charge on any atom is -0.339 e. The van der Waals surface area contributed by atoms with Gasteiger partial charge in [0.05, 0.1) is 10.6 Å². The quantitative estimate of drug-likeness (QED) is 0.808. The fraction of sp³-hybridized carbons (Fsp3) is 0.588. The van der Waals surface area contributed by atoms with Gasteiger partial charge in [-0.05, 0) is 62.6 Å². The fourth-order valence-corrected chi connectivity index (χ4v) is 4.22. The van der Waals surface area contributed by atoms with Crippen molar-refractivity contribution in [3.8, 4) is 0 Å². The maximum absolute atomic E-state index is 12.7. The number of piperidine rings is 1. The second-order valence-corrected chi connectivity index (χ2v) is 7.47. The molecule has 0 aromatic heterocycles. The molecule has 1 aromatic carbocycles. The summed E-state index contributed by atoms with van der Waals surface area (Å²) in [5.74, 6) is 0.804. The van der Waals surface area contributed by atoms with Crippen LogP contribution in [-0.4, -0.2) is 42.7 Å². The molecule has 3 rings (SSSR count). The Labute approximate surface area is 153 Å². The van der Waals surface area contributed by atoms with Crippen LogP contribution in [0.2, 0.25) is 5.02 Å². The second-order valence-electron chi connectivity index (χ2n) is 6.18. The van der Waals surface area contributed by atoms with E-state index in [1.165, 1.54) is 12.8 Å². The molecule has 1 N–H and O–H groups in total. The van der Waals surface area contributed by atoms with Crippen LogP contribution in [0, 0.1) is 5.92 Å². The average molecular weight is 375 g/mol. The van der Waals surface area contributed by atoms with Crippen LogP contribution in [0.25, 0.3) is 0 Å². The number of amides is 1. The van der Waals surface area contributed by atoms with Gasteiger partial charge in [0.2, 0.25) is 0 Å². The van der Waals surface area contributed by atoms with E-state index in [0.29, 0.717) is 16.6 Å². The average Bonchev–Trinajstić information content (AvgIpc) is 3.09. The molecular formula is C17H24Cl2N2OS. The van der Waals surface area contributed by atoms with E-state index in [-0.39, 0.29) is 18.3 Å². The first-order chi connectivity index (χ1) is 10.7. The minimum absolute atomic E-state index is 0. The molecule has 3 nitrogen and oxygen atoms in total. The number of rotatable bonds is 3. The summed E-state index contributed by atoms with van der Waals surface area (Å²) in [6, 6.07) is 6.37. The van der Waals surface area contributed by atoms with Crippen molar-refractivity contribution in [1.82, 2.24) is 10.2 Å². The molecule has 0 saturated carbocycles. The van der Waals surface area contributed by atoms with Crippen molar-refractivity contribution in [2.75, 3.05) is 25.9 Å². The van der Waals surface area contributed by atoms with Gasteiger partial charge in [-0.15, -0.1) is 24.2 Å². The van der Waals surface area contributed by atoms with Crippen molar-refractivity contribution in [2.45, 2.75) is 36.6 Å². The topological polar surface area (TPSA) is 32.3 Å². The molecule has 0 bridgehead atoms. The lowest BCUT2D eigenvalue weighted by atomic mass is 9.88. The largest absolute Gasteiger partial charge is 0.339 e. The number of carbonyl (C=O) groups is 1. The Balaban J connectivity index is 0.00000192. The number of thioether (sulfide) groups is 1. The lowest BCUT2D eigenvalue weighted by Crippen LogP contribution is -2.43. The van der Waals surface area contributed by atoms with Crippen LogP contribution in [0.15, 0.2) is 23.1 Å². The van der Waals surface area contributed by atoms with Crippen molar-refractivity contribution in [1.29, 1.82) is 0 Å². The molecule has 2 saturated heterocycles. The predicted octanol–water partition coefficient (Wildman–Crippen LogP) is 4.09. The van der Waals surface area contributed by atoms with E-state index < -0.39 is 0 Å². The molecule has 1 aromatic rings. The lowest BCUT2D eigenvalue weighted by Gasteiger charge is -2.35. The molecule has 0 spiro atoms. The standard InChI is InChI=1S/C17H23ClN2OS.ClH/c1-22-13-4-5-15(18)14(11-13)17(21)20-9-6-12(7-10-20)16-3-2-8-19-16;/h4-5,11-12,16,19H,2-3,6-10H2,1H3;1H. The highest BCUT2D eigenvalue weighted by Gasteiger charge is 2.30. The van der Waals surface area contributed by atoms with Crippen molar-refractivity contribution in [3.63, 3.8) is 0 Å². The van der Waals surface area contributed by atoms with Crippen LogP contribution in [0.4, 0.5) is 0 Å². The van der Waals surface area contributed by atoms with Gasteiger partial charge in [0.25, 0.3) is 5.91 Å². The molecule has 128 valence electrons. The maximum atomic E-state index is 12.7. The molecule has 1 atom stereocenters. The van der Waals surface area contributed by atoms with Crippen LogP contribution in [0.3, 0.4) is 0 Å². The van der Waals surface area contributed by atoms with Crippen molar-refractivity contribution < 1.29 is 4.79 Å². The summed E-state index contributed by atoms with van der Waals surface area (Å²) in [4.78, 5) is 15.8. The summed E-state index contributed by atoms with van der Waals surface area (Å²) in [5.41, 5.74) is 0.644. The van der Waals surface area contributed by atoms with Gasteiger partial charge in [0.15, 0.2) is 0 Å². The van der Waals surface area contributed by atoms with Crippen LogP contribution in [0.1, 0.15) is 36.0 Å². The number of hydrogen-bond acceptors (Lipinski definition) is 3. The summed E-state index contributed by atoms with van der Waals surface area (Å²) < 4.78 is 0. The molecule has 1 amide bonds. The molecule has 2 heterocycles. The number of halogens is 2. The smallest absolute Gasteiger partial charge is 0.255 e. The Morgan fingerprint density at radius 3 is 2.65 bits per heavy atom. The van der Waals surface area contributed by atoms with E-state index in [1.54, 1.807) is 11.8 Å². The first-order valence-corrected chi connectivity index (χ1v) is 9.65. The highest BCUT2D eigenvalue weighted by molar-refractivity contribution is 7.98. The summed E-state index contributed by atoms with van der Waals surface area (Å²) in [5, 5.41) is 4.16. The summed E-state index contributed by atoms with van der Waals surface area (Å²) in [7, 11) is 0. The molecule has 2 aliphatic rings. The first kappa shape index (κ1) is 18.9. The number of carbonyl (C=O) groups excluding carboxylic acids is 1. The van der Waals surface area contributed by atoms with E-state index >= 15 is 0 Å². The molecule has 0 aliphatic carbocycles. The summed E-state index contributed by atoms with van der Waals surface area (Å²) in [6.07, 6.45) is 6.80. The third kappa shape index (κ3) is 4.36. The number of nitrogens with one attached hydrogen (secondary N) is 1. The van der Waals surface area contributed by atoms with Gasteiger partial charge in [-0.2, -0.15) is 0 Å². The Morgan fingerprint density at radius 1 is 1.30 bits per heavy atom. The fourth-order valence-electron chi connectivity index (χ4n) is 3.58. The first-order valence-electron chi connectivity index (χ1n) is 8.05. The van der Waals surface area contributed by atoms with Crippen molar-refractivity contribution in [2.24, 2.45) is 5.92 Å². The van der Waals surface area contributed by atoms with Gasteiger partial charge in [-0.3, -0.25) is 4.79 Å². The number of likely N-dealkylation sites (tertiary alicyclic amines) is 1. The monoisotopic (exact) mass is 374 g/mol. The Morgan fingerprint density at radius 2 is 2.04 bits per heavy atom. The second kappa shape index (κ2) is 8.61. The van der Waals surface area contributed by atoms with E-state index in [2.05, 4.69) is 5.32 Å². The molecule has 2 aliphatic heterocycles. The normalized spacial score (nSPS) is 22.0. The van der Waals surface area contributed by atoms with Gasteiger partial charge < -0.3 is 10.2 Å². The number of hydrogen-bond donors (Lipinski definition) is 1. The minimum atomic E-state index is 0. The van der Waals surface area contributed by atoms with Gasteiger partial charge in [0.1, 0.15) is 0 Å². The van der Waals surface area contributed by atoms with E-state index in [0.717, 1.165) is 43.3 Å². The highest BCUT2D eigenvalue weighted by Crippen LogP contribution is 2.28. The molecule has 2 fully saturated rings. The van der Waals surface area contributed by atoms with Gasteiger partial charge in [-0.25, -0.2) is 0 Å². The third-order valence-electron chi connectivity index (χ3n) is 4.90. The molecule has 6 heteroatoms. The van der Waals surface area contributed by atoms with E-state index in [9.17, 15) is 4.79 Å². The maximum Gasteiger partial charge on any atom is 0.255 e. The molecule has 0 radical (unpaired) electrons. The predicted molar refractivity (Wildman–Crippen MR) is 100 cm³/mol. The van der Waals surface area contributed by atoms with E-state index in [1.807, 2.05) is 29.4 Å². The zero-order valence-electron chi connectivity index (χ0n) is 13.4. The van der Waals surface area contributed by atoms with Gasteiger partial charge in [0, 0.05) is 24.0 Å². The highest BCUT2D eigenvalue weighted by atomic mass is 35.5. The van der Waals surface area contributed by atoms with Crippen LogP contribution >= 0.6 is 35.8 Å². The Bertz CT molecular complexity index is 541. The Hall–Kier alpha value is -0.420. The molecule has 23 heavy (non-hydrogen) atoms. The number of nitrogens with zero attached hydrogens (tertiary/aromatic N) is 1. The van der Waals surface area contributed by atoms with Crippen LogP contribution in [-0.2, 0) is 0 Å². The summed E-state index contributed by atoms with van der Waals surface area (Å²) in [6.45, 7) is 2.85. The van der Waals surface area contributed by atoms with Crippen molar-refractivity contribution >= 4 is 41.7 Å². The zero-order valence-corrected chi connectivity index (χ0v) is 15.8. The van der Waals surface area contributed by atoms with Crippen LogP contribution in [0.5, 0.6) is 0 Å². The van der Waals surface area contributed by atoms with Crippen LogP contribution < -0.4 is 5.32 Å².